The molecule has 0 saturated heterocycles. The molecule has 1 rings (SSSR count). The number of rotatable bonds is 5. The molecule has 0 aliphatic carbocycles. The van der Waals surface area contributed by atoms with Crippen LogP contribution in [0, 0.1) is 0 Å². The maximum Gasteiger partial charge on any atom is 0.224 e. The summed E-state index contributed by atoms with van der Waals surface area (Å²) in [5, 5.41) is 3.70. The third kappa shape index (κ3) is 5.15. The van der Waals surface area contributed by atoms with Crippen molar-refractivity contribution in [1.29, 1.82) is 0 Å². The molecule has 17 heavy (non-hydrogen) atoms. The van der Waals surface area contributed by atoms with Crippen LogP contribution in [0.25, 0.3) is 0 Å². The lowest BCUT2D eigenvalue weighted by Gasteiger charge is -2.09. The number of hydrogen-bond acceptors (Lipinski definition) is 1. The fourth-order valence-electron chi connectivity index (χ4n) is 1.27. The first kappa shape index (κ1) is 14.6. The number of amides is 1. The van der Waals surface area contributed by atoms with Gasteiger partial charge in [0.25, 0.3) is 0 Å². The maximum absolute atomic E-state index is 11.6. The molecule has 0 saturated carbocycles. The molecule has 1 atom stereocenters. The lowest BCUT2D eigenvalue weighted by atomic mass is 10.1. The van der Waals surface area contributed by atoms with Crippen molar-refractivity contribution in [3.8, 4) is 0 Å². The number of hydrogen-bond donors (Lipinski definition) is 1. The summed E-state index contributed by atoms with van der Waals surface area (Å²) in [7, 11) is 0. The van der Waals surface area contributed by atoms with E-state index in [0.29, 0.717) is 16.6 Å². The highest BCUT2D eigenvalue weighted by molar-refractivity contribution is 6.42. The van der Waals surface area contributed by atoms with Crippen LogP contribution >= 0.6 is 34.8 Å². The van der Waals surface area contributed by atoms with Crippen LogP contribution in [0.4, 0.5) is 0 Å². The number of alkyl halides is 1. The summed E-state index contributed by atoms with van der Waals surface area (Å²) >= 11 is 17.6. The van der Waals surface area contributed by atoms with Crippen LogP contribution in [0.5, 0.6) is 0 Å². The number of carbonyl (C=O) groups is 1. The average molecular weight is 295 g/mol. The van der Waals surface area contributed by atoms with Gasteiger partial charge in [-0.2, -0.15) is 0 Å². The topological polar surface area (TPSA) is 29.1 Å². The van der Waals surface area contributed by atoms with Crippen molar-refractivity contribution in [2.45, 2.75) is 25.1 Å². The van der Waals surface area contributed by atoms with Gasteiger partial charge in [-0.25, -0.2) is 0 Å². The van der Waals surface area contributed by atoms with Gasteiger partial charge in [-0.3, -0.25) is 4.79 Å². The predicted octanol–water partition coefficient (Wildman–Crippen LogP) is 3.67. The molecule has 0 bridgehead atoms. The van der Waals surface area contributed by atoms with Gasteiger partial charge in [0.05, 0.1) is 21.8 Å². The van der Waals surface area contributed by atoms with Crippen molar-refractivity contribution in [2.75, 3.05) is 6.54 Å². The lowest BCUT2D eigenvalue weighted by molar-refractivity contribution is -0.120. The van der Waals surface area contributed by atoms with Gasteiger partial charge in [0.15, 0.2) is 0 Å². The molecule has 1 aromatic rings. The molecule has 0 aromatic heterocycles. The second-order valence-corrected chi connectivity index (χ2v) is 5.17. The zero-order valence-corrected chi connectivity index (χ0v) is 11.7. The van der Waals surface area contributed by atoms with Crippen molar-refractivity contribution in [1.82, 2.24) is 5.32 Å². The fourth-order valence-corrected chi connectivity index (χ4v) is 1.66. The summed E-state index contributed by atoms with van der Waals surface area (Å²) in [4.78, 5) is 11.6. The number of benzene rings is 1. The molecule has 1 N–H and O–H groups in total. The molecule has 1 unspecified atom stereocenters. The Balaban J connectivity index is 2.48. The van der Waals surface area contributed by atoms with E-state index in [1.165, 1.54) is 0 Å². The highest BCUT2D eigenvalue weighted by Gasteiger charge is 2.07. The zero-order chi connectivity index (χ0) is 12.8. The van der Waals surface area contributed by atoms with Crippen LogP contribution in [-0.4, -0.2) is 17.8 Å². The minimum absolute atomic E-state index is 0.0206. The number of carbonyl (C=O) groups excluding carboxylic acids is 1. The summed E-state index contributed by atoms with van der Waals surface area (Å²) in [5.74, 6) is -0.0671. The number of halogens is 3. The van der Waals surface area contributed by atoms with E-state index in [1.807, 2.05) is 6.92 Å². The normalized spacial score (nSPS) is 12.2. The molecular weight excluding hydrogens is 280 g/mol. The maximum atomic E-state index is 11.6. The molecule has 1 aromatic carbocycles. The second kappa shape index (κ2) is 7.10. The SMILES string of the molecule is CCC(Cl)CNC(=O)Cc1ccc(Cl)c(Cl)c1. The smallest absolute Gasteiger partial charge is 0.224 e. The van der Waals surface area contributed by atoms with Gasteiger partial charge in [-0.05, 0) is 24.1 Å². The largest absolute Gasteiger partial charge is 0.354 e. The van der Waals surface area contributed by atoms with E-state index in [1.54, 1.807) is 18.2 Å². The molecule has 0 heterocycles. The molecule has 2 nitrogen and oxygen atoms in total. The summed E-state index contributed by atoms with van der Waals surface area (Å²) in [6.07, 6.45) is 1.11. The van der Waals surface area contributed by atoms with Gasteiger partial charge < -0.3 is 5.32 Å². The molecule has 0 radical (unpaired) electrons. The van der Waals surface area contributed by atoms with E-state index in [-0.39, 0.29) is 17.7 Å². The first-order valence-electron chi connectivity index (χ1n) is 5.37. The lowest BCUT2D eigenvalue weighted by Crippen LogP contribution is -2.30. The van der Waals surface area contributed by atoms with Crippen LogP contribution in [0.2, 0.25) is 10.0 Å². The Bertz CT molecular complexity index is 395. The van der Waals surface area contributed by atoms with E-state index in [0.717, 1.165) is 12.0 Å². The van der Waals surface area contributed by atoms with Crippen molar-refractivity contribution in [2.24, 2.45) is 0 Å². The molecule has 0 fully saturated rings. The molecule has 0 aliphatic heterocycles. The van der Waals surface area contributed by atoms with Crippen molar-refractivity contribution >= 4 is 40.7 Å². The highest BCUT2D eigenvalue weighted by atomic mass is 35.5. The summed E-state index contributed by atoms with van der Waals surface area (Å²) in [6, 6.07) is 5.16. The minimum Gasteiger partial charge on any atom is -0.354 e. The molecular formula is C12H14Cl3NO. The minimum atomic E-state index is -0.0671. The Hall–Kier alpha value is -0.440. The van der Waals surface area contributed by atoms with Gasteiger partial charge >= 0.3 is 0 Å². The molecule has 0 aliphatic rings. The Morgan fingerprint density at radius 1 is 1.35 bits per heavy atom. The Labute approximate surface area is 116 Å². The van der Waals surface area contributed by atoms with E-state index in [2.05, 4.69) is 5.32 Å². The van der Waals surface area contributed by atoms with Gasteiger partial charge in [0.2, 0.25) is 5.91 Å². The first-order chi connectivity index (χ1) is 8.02. The summed E-state index contributed by atoms with van der Waals surface area (Å²) < 4.78 is 0. The third-order valence-corrected chi connectivity index (χ3v) is 3.51. The van der Waals surface area contributed by atoms with E-state index < -0.39 is 0 Å². The van der Waals surface area contributed by atoms with Crippen LogP contribution in [0.1, 0.15) is 18.9 Å². The third-order valence-electron chi connectivity index (χ3n) is 2.31. The van der Waals surface area contributed by atoms with Crippen molar-refractivity contribution < 1.29 is 4.79 Å². The quantitative estimate of drug-likeness (QED) is 0.825. The van der Waals surface area contributed by atoms with Crippen molar-refractivity contribution in [3.05, 3.63) is 33.8 Å². The average Bonchev–Trinajstić information content (AvgIpc) is 2.31. The van der Waals surface area contributed by atoms with Crippen LogP contribution in [0.15, 0.2) is 18.2 Å². The molecule has 94 valence electrons. The van der Waals surface area contributed by atoms with Gasteiger partial charge in [0.1, 0.15) is 0 Å². The van der Waals surface area contributed by atoms with Crippen LogP contribution in [0.3, 0.4) is 0 Å². The molecule has 5 heteroatoms. The monoisotopic (exact) mass is 293 g/mol. The molecule has 1 amide bonds. The van der Waals surface area contributed by atoms with E-state index in [4.69, 9.17) is 34.8 Å². The Morgan fingerprint density at radius 2 is 2.06 bits per heavy atom. The first-order valence-corrected chi connectivity index (χ1v) is 6.56. The van der Waals surface area contributed by atoms with E-state index >= 15 is 0 Å². The fraction of sp³-hybridized carbons (Fsp3) is 0.417. The summed E-state index contributed by atoms with van der Waals surface area (Å²) in [6.45, 7) is 2.46. The zero-order valence-electron chi connectivity index (χ0n) is 9.47. The molecule has 0 spiro atoms. The highest BCUT2D eigenvalue weighted by Crippen LogP contribution is 2.22. The standard InChI is InChI=1S/C12H14Cl3NO/c1-2-9(13)7-16-12(17)6-8-3-4-10(14)11(15)5-8/h3-5,9H,2,6-7H2,1H3,(H,16,17). The summed E-state index contributed by atoms with van der Waals surface area (Å²) in [5.41, 5.74) is 0.833. The Kier molecular flexibility index (Phi) is 6.10. The van der Waals surface area contributed by atoms with Crippen molar-refractivity contribution in [3.63, 3.8) is 0 Å². The Morgan fingerprint density at radius 3 is 2.65 bits per heavy atom. The predicted molar refractivity (Wildman–Crippen MR) is 73.1 cm³/mol. The second-order valence-electron chi connectivity index (χ2n) is 3.73. The van der Waals surface area contributed by atoms with Gasteiger partial charge in [0, 0.05) is 6.54 Å². The van der Waals surface area contributed by atoms with E-state index in [9.17, 15) is 4.79 Å². The van der Waals surface area contributed by atoms with Crippen LogP contribution < -0.4 is 5.32 Å². The van der Waals surface area contributed by atoms with Gasteiger partial charge in [-0.15, -0.1) is 11.6 Å². The van der Waals surface area contributed by atoms with Crippen LogP contribution in [-0.2, 0) is 11.2 Å². The number of nitrogens with one attached hydrogen (secondary N) is 1. The van der Waals surface area contributed by atoms with Gasteiger partial charge in [-0.1, -0.05) is 36.2 Å².